The number of benzene rings is 2. The van der Waals surface area contributed by atoms with E-state index in [9.17, 15) is 9.18 Å². The van der Waals surface area contributed by atoms with E-state index in [4.69, 9.17) is 4.74 Å². The molecule has 0 aliphatic rings. The van der Waals surface area contributed by atoms with Crippen LogP contribution in [0.5, 0.6) is 5.75 Å². The van der Waals surface area contributed by atoms with Crippen LogP contribution in [-0.2, 0) is 12.8 Å². The van der Waals surface area contributed by atoms with Crippen molar-refractivity contribution in [1.82, 2.24) is 0 Å². The highest BCUT2D eigenvalue weighted by atomic mass is 19.1. The number of ketones is 1. The van der Waals surface area contributed by atoms with Crippen LogP contribution in [0.25, 0.3) is 0 Å². The van der Waals surface area contributed by atoms with Gasteiger partial charge in [-0.1, -0.05) is 26.0 Å². The molecule has 110 valence electrons. The average molecular weight is 286 g/mol. The average Bonchev–Trinajstić information content (AvgIpc) is 2.54. The summed E-state index contributed by atoms with van der Waals surface area (Å²) in [7, 11) is 1.39. The van der Waals surface area contributed by atoms with Crippen LogP contribution in [0.4, 0.5) is 4.39 Å². The van der Waals surface area contributed by atoms with Crippen molar-refractivity contribution in [2.45, 2.75) is 26.7 Å². The van der Waals surface area contributed by atoms with Crippen molar-refractivity contribution in [2.24, 2.45) is 0 Å². The van der Waals surface area contributed by atoms with Gasteiger partial charge in [-0.15, -0.1) is 0 Å². The number of methoxy groups -OCH3 is 1. The molecule has 0 saturated heterocycles. The molecule has 2 aromatic carbocycles. The fourth-order valence-corrected chi connectivity index (χ4v) is 2.32. The summed E-state index contributed by atoms with van der Waals surface area (Å²) in [6.07, 6.45) is 1.65. The molecule has 0 bridgehead atoms. The van der Waals surface area contributed by atoms with Gasteiger partial charge in [-0.3, -0.25) is 4.79 Å². The van der Waals surface area contributed by atoms with Crippen molar-refractivity contribution < 1.29 is 13.9 Å². The summed E-state index contributed by atoms with van der Waals surface area (Å²) in [4.78, 5) is 12.7. The molecule has 0 saturated carbocycles. The lowest BCUT2D eigenvalue weighted by molar-refractivity contribution is 0.103. The maximum absolute atomic E-state index is 13.5. The van der Waals surface area contributed by atoms with E-state index in [1.54, 1.807) is 0 Å². The standard InChI is InChI=1S/C18H19FO2/c1-4-12-6-7-13(5-2)15(10-12)18(20)14-8-9-16(19)17(11-14)21-3/h6-11H,4-5H2,1-3H3. The first-order valence-electron chi connectivity index (χ1n) is 7.10. The number of carbonyl (C=O) groups excluding carboxylic acids is 1. The maximum Gasteiger partial charge on any atom is 0.193 e. The second kappa shape index (κ2) is 6.53. The van der Waals surface area contributed by atoms with E-state index in [2.05, 4.69) is 6.92 Å². The summed E-state index contributed by atoms with van der Waals surface area (Å²) in [6.45, 7) is 4.07. The smallest absolute Gasteiger partial charge is 0.193 e. The van der Waals surface area contributed by atoms with Gasteiger partial charge in [-0.2, -0.15) is 0 Å². The minimum absolute atomic E-state index is 0.0885. The van der Waals surface area contributed by atoms with Gasteiger partial charge < -0.3 is 4.74 Å². The Bertz CT molecular complexity index is 662. The molecule has 0 radical (unpaired) electrons. The molecular formula is C18H19FO2. The van der Waals surface area contributed by atoms with Crippen molar-refractivity contribution in [3.63, 3.8) is 0 Å². The van der Waals surface area contributed by atoms with Gasteiger partial charge in [0.15, 0.2) is 17.3 Å². The summed E-state index contributed by atoms with van der Waals surface area (Å²) in [5, 5.41) is 0. The Balaban J connectivity index is 2.48. The van der Waals surface area contributed by atoms with Crippen molar-refractivity contribution >= 4 is 5.78 Å². The molecule has 3 heteroatoms. The zero-order chi connectivity index (χ0) is 15.4. The number of aryl methyl sites for hydroxylation is 2. The largest absolute Gasteiger partial charge is 0.494 e. The van der Waals surface area contributed by atoms with Crippen molar-refractivity contribution in [3.8, 4) is 5.75 Å². The molecule has 0 amide bonds. The van der Waals surface area contributed by atoms with E-state index >= 15 is 0 Å². The molecule has 0 atom stereocenters. The number of hydrogen-bond acceptors (Lipinski definition) is 2. The Hall–Kier alpha value is -2.16. The number of hydrogen-bond donors (Lipinski definition) is 0. The van der Waals surface area contributed by atoms with Crippen LogP contribution in [0.2, 0.25) is 0 Å². The molecular weight excluding hydrogens is 267 g/mol. The third kappa shape index (κ3) is 3.13. The first-order chi connectivity index (χ1) is 10.1. The summed E-state index contributed by atoms with van der Waals surface area (Å²) in [5.41, 5.74) is 3.24. The minimum atomic E-state index is -0.466. The molecule has 2 aromatic rings. The topological polar surface area (TPSA) is 26.3 Å². The van der Waals surface area contributed by atoms with E-state index in [0.717, 1.165) is 24.0 Å². The summed E-state index contributed by atoms with van der Waals surface area (Å²) >= 11 is 0. The van der Waals surface area contributed by atoms with Crippen LogP contribution in [0.15, 0.2) is 36.4 Å². The number of carbonyl (C=O) groups is 1. The lowest BCUT2D eigenvalue weighted by atomic mass is 9.94. The van der Waals surface area contributed by atoms with Crippen LogP contribution < -0.4 is 4.74 Å². The first-order valence-corrected chi connectivity index (χ1v) is 7.10. The van der Waals surface area contributed by atoms with E-state index < -0.39 is 5.82 Å². The molecule has 0 aliphatic carbocycles. The van der Waals surface area contributed by atoms with Crippen molar-refractivity contribution in [3.05, 3.63) is 64.5 Å². The molecule has 0 aliphatic heterocycles. The van der Waals surface area contributed by atoms with Crippen molar-refractivity contribution in [1.29, 1.82) is 0 Å². The molecule has 0 fully saturated rings. The van der Waals surface area contributed by atoms with Gasteiger partial charge in [0.1, 0.15) is 0 Å². The quantitative estimate of drug-likeness (QED) is 0.770. The minimum Gasteiger partial charge on any atom is -0.494 e. The predicted molar refractivity (Wildman–Crippen MR) is 81.6 cm³/mol. The fraction of sp³-hybridized carbons (Fsp3) is 0.278. The highest BCUT2D eigenvalue weighted by Crippen LogP contribution is 2.23. The highest BCUT2D eigenvalue weighted by Gasteiger charge is 2.15. The molecule has 2 nitrogen and oxygen atoms in total. The van der Waals surface area contributed by atoms with E-state index in [-0.39, 0.29) is 11.5 Å². The van der Waals surface area contributed by atoms with Crippen LogP contribution in [0.1, 0.15) is 40.9 Å². The van der Waals surface area contributed by atoms with Gasteiger partial charge in [0.25, 0.3) is 0 Å². The second-order valence-electron chi connectivity index (χ2n) is 4.88. The first kappa shape index (κ1) is 15.2. The predicted octanol–water partition coefficient (Wildman–Crippen LogP) is 4.19. The summed E-state index contributed by atoms with van der Waals surface area (Å²) in [5.74, 6) is -0.474. The molecule has 0 aromatic heterocycles. The Labute approximate surface area is 124 Å². The van der Waals surface area contributed by atoms with Crippen LogP contribution in [0, 0.1) is 5.82 Å². The van der Waals surface area contributed by atoms with Crippen LogP contribution in [0.3, 0.4) is 0 Å². The monoisotopic (exact) mass is 286 g/mol. The van der Waals surface area contributed by atoms with Crippen LogP contribution in [-0.4, -0.2) is 12.9 Å². The third-order valence-corrected chi connectivity index (χ3v) is 3.62. The van der Waals surface area contributed by atoms with Gasteiger partial charge in [0.05, 0.1) is 7.11 Å². The van der Waals surface area contributed by atoms with Crippen molar-refractivity contribution in [2.75, 3.05) is 7.11 Å². The lowest BCUT2D eigenvalue weighted by Crippen LogP contribution is -2.07. The zero-order valence-corrected chi connectivity index (χ0v) is 12.6. The Morgan fingerprint density at radius 3 is 2.48 bits per heavy atom. The Morgan fingerprint density at radius 2 is 1.86 bits per heavy atom. The molecule has 0 N–H and O–H groups in total. The Kier molecular flexibility index (Phi) is 4.73. The zero-order valence-electron chi connectivity index (χ0n) is 12.6. The summed E-state index contributed by atoms with van der Waals surface area (Å²) in [6, 6.07) is 10.2. The van der Waals surface area contributed by atoms with E-state index in [1.165, 1.54) is 25.3 Å². The fourth-order valence-electron chi connectivity index (χ4n) is 2.32. The highest BCUT2D eigenvalue weighted by molar-refractivity contribution is 6.10. The van der Waals surface area contributed by atoms with Crippen LogP contribution >= 0.6 is 0 Å². The summed E-state index contributed by atoms with van der Waals surface area (Å²) < 4.78 is 18.4. The van der Waals surface area contributed by atoms with Gasteiger partial charge in [-0.05, 0) is 48.2 Å². The van der Waals surface area contributed by atoms with Gasteiger partial charge in [-0.25, -0.2) is 4.39 Å². The molecule has 21 heavy (non-hydrogen) atoms. The third-order valence-electron chi connectivity index (χ3n) is 3.62. The number of ether oxygens (including phenoxy) is 1. The van der Waals surface area contributed by atoms with E-state index in [0.29, 0.717) is 11.1 Å². The molecule has 0 heterocycles. The normalized spacial score (nSPS) is 10.5. The Morgan fingerprint density at radius 1 is 1.10 bits per heavy atom. The number of halogens is 1. The molecule has 0 unspecified atom stereocenters. The van der Waals surface area contributed by atoms with Gasteiger partial charge >= 0.3 is 0 Å². The maximum atomic E-state index is 13.5. The number of rotatable bonds is 5. The van der Waals surface area contributed by atoms with Gasteiger partial charge in [0, 0.05) is 11.1 Å². The van der Waals surface area contributed by atoms with Gasteiger partial charge in [0.2, 0.25) is 0 Å². The lowest BCUT2D eigenvalue weighted by Gasteiger charge is -2.10. The SMILES string of the molecule is CCc1ccc(CC)c(C(=O)c2ccc(F)c(OC)c2)c1. The van der Waals surface area contributed by atoms with E-state index in [1.807, 2.05) is 25.1 Å². The second-order valence-corrected chi connectivity index (χ2v) is 4.88. The molecule has 2 rings (SSSR count). The molecule has 0 spiro atoms.